The Balaban J connectivity index is 2.17. The lowest BCUT2D eigenvalue weighted by Crippen LogP contribution is -2.37. The van der Waals surface area contributed by atoms with Crippen LogP contribution < -0.4 is 4.90 Å². The average molecular weight is 593 g/mol. The normalized spacial score (nSPS) is 16.8. The van der Waals surface area contributed by atoms with E-state index >= 15 is 0 Å². The number of benzene rings is 2. The number of carboxylic acids is 2. The first-order valence-corrected chi connectivity index (χ1v) is 16.9. The van der Waals surface area contributed by atoms with Crippen molar-refractivity contribution in [1.29, 1.82) is 0 Å². The number of thioether (sulfide) groups is 1. The van der Waals surface area contributed by atoms with Crippen LogP contribution in [-0.4, -0.2) is 67.8 Å². The Morgan fingerprint density at radius 3 is 2.23 bits per heavy atom. The van der Waals surface area contributed by atoms with Crippen LogP contribution in [0.4, 0.5) is 11.4 Å². The van der Waals surface area contributed by atoms with E-state index in [-0.39, 0.29) is 37.2 Å². The lowest BCUT2D eigenvalue weighted by Gasteiger charge is -2.42. The van der Waals surface area contributed by atoms with Crippen LogP contribution in [0, 0.1) is 5.41 Å². The molecule has 40 heavy (non-hydrogen) atoms. The highest BCUT2D eigenvalue weighted by Gasteiger charge is 2.42. The summed E-state index contributed by atoms with van der Waals surface area (Å²) in [5.74, 6) is -1.75. The molecule has 1 heterocycles. The van der Waals surface area contributed by atoms with Crippen LogP contribution in [-0.2, 0) is 16.1 Å². The van der Waals surface area contributed by atoms with Gasteiger partial charge < -0.3 is 15.1 Å². The molecule has 10 heteroatoms. The van der Waals surface area contributed by atoms with Crippen molar-refractivity contribution >= 4 is 45.7 Å². The molecule has 1 aliphatic rings. The zero-order valence-electron chi connectivity index (χ0n) is 23.8. The molecule has 0 aromatic heterocycles. The topological polar surface area (TPSA) is 122 Å². The third-order valence-electron chi connectivity index (χ3n) is 7.59. The molecule has 222 valence electrons. The molecule has 3 rings (SSSR count). The standard InChI is InChI=1S/C30H44N2O6S2/c1-4-6-14-30(15-7-5-2)21-32(24-11-9-8-10-12-24)25-18-26(39-3)23(17-27(25)40(37,38)22-30)19-31(20-29(35)36)16-13-28(33)34/h8-12,17-18,37-38H,4-7,13-16,19-22H2,1-3H3,(H,33,34)(H,35,36). The number of para-hydroxylation sites is 1. The fourth-order valence-electron chi connectivity index (χ4n) is 5.62. The van der Waals surface area contributed by atoms with Gasteiger partial charge in [0.05, 0.1) is 23.5 Å². The summed E-state index contributed by atoms with van der Waals surface area (Å²) in [5.41, 5.74) is 2.24. The van der Waals surface area contributed by atoms with Crippen molar-refractivity contribution in [3.8, 4) is 0 Å². The van der Waals surface area contributed by atoms with Crippen LogP contribution >= 0.6 is 22.4 Å². The molecule has 0 saturated carbocycles. The van der Waals surface area contributed by atoms with Crippen molar-refractivity contribution in [1.82, 2.24) is 4.90 Å². The number of rotatable bonds is 15. The van der Waals surface area contributed by atoms with Gasteiger partial charge in [-0.05, 0) is 48.9 Å². The highest BCUT2D eigenvalue weighted by atomic mass is 32.3. The van der Waals surface area contributed by atoms with Crippen LogP contribution in [0.5, 0.6) is 0 Å². The van der Waals surface area contributed by atoms with Crippen molar-refractivity contribution in [2.45, 2.75) is 75.1 Å². The van der Waals surface area contributed by atoms with E-state index < -0.39 is 22.5 Å². The first-order valence-electron chi connectivity index (χ1n) is 14.0. The van der Waals surface area contributed by atoms with Gasteiger partial charge in [0.15, 0.2) is 0 Å². The Morgan fingerprint density at radius 2 is 1.68 bits per heavy atom. The Hall–Kier alpha value is -2.24. The molecular weight excluding hydrogens is 548 g/mol. The average Bonchev–Trinajstić information content (AvgIpc) is 3.01. The first-order chi connectivity index (χ1) is 19.0. The summed E-state index contributed by atoms with van der Waals surface area (Å²) < 4.78 is 23.7. The van der Waals surface area contributed by atoms with Gasteiger partial charge in [0.25, 0.3) is 0 Å². The fraction of sp³-hybridized carbons (Fsp3) is 0.533. The van der Waals surface area contributed by atoms with E-state index in [1.807, 2.05) is 36.6 Å². The lowest BCUT2D eigenvalue weighted by atomic mass is 9.79. The molecule has 2 aromatic carbocycles. The second-order valence-corrected chi connectivity index (χ2v) is 13.7. The molecule has 2 aromatic rings. The highest BCUT2D eigenvalue weighted by Crippen LogP contribution is 2.61. The maximum atomic E-state index is 11.9. The van der Waals surface area contributed by atoms with Gasteiger partial charge in [-0.25, -0.2) is 0 Å². The van der Waals surface area contributed by atoms with Gasteiger partial charge in [0, 0.05) is 41.4 Å². The smallest absolute Gasteiger partial charge is 0.317 e. The number of hydrogen-bond donors (Lipinski definition) is 4. The van der Waals surface area contributed by atoms with Gasteiger partial charge >= 0.3 is 11.9 Å². The van der Waals surface area contributed by atoms with Gasteiger partial charge in [-0.2, -0.15) is 10.6 Å². The molecule has 0 atom stereocenters. The molecule has 4 N–H and O–H groups in total. The molecule has 0 bridgehead atoms. The van der Waals surface area contributed by atoms with Crippen LogP contribution in [0.3, 0.4) is 0 Å². The number of carboxylic acid groups (broad SMARTS) is 2. The number of carbonyl (C=O) groups is 2. The number of anilines is 2. The van der Waals surface area contributed by atoms with E-state index in [0.717, 1.165) is 60.4 Å². The molecule has 0 radical (unpaired) electrons. The second kappa shape index (κ2) is 14.6. The zero-order valence-corrected chi connectivity index (χ0v) is 25.5. The SMILES string of the molecule is CCCCC1(CCCC)CN(c2ccccc2)c2cc(SC)c(CN(CCC(=O)O)CC(=O)O)cc2S(O)(O)C1. The molecule has 0 saturated heterocycles. The van der Waals surface area contributed by atoms with Gasteiger partial charge in [-0.1, -0.05) is 57.7 Å². The summed E-state index contributed by atoms with van der Waals surface area (Å²) in [5, 5.41) is 18.6. The Labute approximate surface area is 244 Å². The monoisotopic (exact) mass is 592 g/mol. The lowest BCUT2D eigenvalue weighted by molar-refractivity contribution is -0.141. The number of nitrogens with zero attached hydrogens (tertiary/aromatic N) is 2. The van der Waals surface area contributed by atoms with Gasteiger partial charge in [-0.15, -0.1) is 11.8 Å². The van der Waals surface area contributed by atoms with Gasteiger partial charge in [-0.3, -0.25) is 23.6 Å². The molecule has 0 unspecified atom stereocenters. The van der Waals surface area contributed by atoms with Crippen LogP contribution in [0.1, 0.15) is 64.4 Å². The summed E-state index contributed by atoms with van der Waals surface area (Å²) in [7, 11) is -3.20. The summed E-state index contributed by atoms with van der Waals surface area (Å²) >= 11 is 1.51. The van der Waals surface area contributed by atoms with E-state index in [4.69, 9.17) is 0 Å². The molecular formula is C30H44N2O6S2. The minimum atomic E-state index is -3.20. The van der Waals surface area contributed by atoms with Crippen LogP contribution in [0.15, 0.2) is 52.3 Å². The maximum Gasteiger partial charge on any atom is 0.317 e. The summed E-state index contributed by atoms with van der Waals surface area (Å²) in [6.07, 6.45) is 7.64. The van der Waals surface area contributed by atoms with E-state index in [9.17, 15) is 28.9 Å². The predicted molar refractivity (Wildman–Crippen MR) is 164 cm³/mol. The van der Waals surface area contributed by atoms with E-state index in [0.29, 0.717) is 11.4 Å². The van der Waals surface area contributed by atoms with Crippen molar-refractivity contribution < 1.29 is 28.9 Å². The fourth-order valence-corrected chi connectivity index (χ4v) is 8.46. The van der Waals surface area contributed by atoms with Crippen molar-refractivity contribution in [2.75, 3.05) is 36.5 Å². The quantitative estimate of drug-likeness (QED) is 0.157. The largest absolute Gasteiger partial charge is 0.481 e. The van der Waals surface area contributed by atoms with Gasteiger partial charge in [0.2, 0.25) is 0 Å². The van der Waals surface area contributed by atoms with Crippen LogP contribution in [0.25, 0.3) is 0 Å². The highest BCUT2D eigenvalue weighted by molar-refractivity contribution is 8.24. The van der Waals surface area contributed by atoms with Crippen molar-refractivity contribution in [3.63, 3.8) is 0 Å². The van der Waals surface area contributed by atoms with Crippen molar-refractivity contribution in [2.24, 2.45) is 5.41 Å². The van der Waals surface area contributed by atoms with E-state index in [2.05, 4.69) is 30.9 Å². The molecule has 8 nitrogen and oxygen atoms in total. The van der Waals surface area contributed by atoms with Gasteiger partial charge in [0.1, 0.15) is 0 Å². The van der Waals surface area contributed by atoms with Crippen molar-refractivity contribution in [3.05, 3.63) is 48.0 Å². The molecule has 0 fully saturated rings. The Kier molecular flexibility index (Phi) is 11.8. The summed E-state index contributed by atoms with van der Waals surface area (Å²) in [6, 6.07) is 13.9. The third-order valence-corrected chi connectivity index (χ3v) is 10.5. The number of aliphatic carboxylic acids is 2. The van der Waals surface area contributed by atoms with E-state index in [1.165, 1.54) is 11.8 Å². The zero-order chi connectivity index (χ0) is 29.3. The number of fused-ring (bicyclic) bond motifs is 1. The van der Waals surface area contributed by atoms with E-state index in [1.54, 1.807) is 4.90 Å². The summed E-state index contributed by atoms with van der Waals surface area (Å²) in [6.45, 7) is 4.97. The third kappa shape index (κ3) is 8.39. The Morgan fingerprint density at radius 1 is 1.02 bits per heavy atom. The Bertz CT molecular complexity index is 1140. The number of unbranched alkanes of at least 4 members (excludes halogenated alkanes) is 2. The molecule has 0 aliphatic carbocycles. The summed E-state index contributed by atoms with van der Waals surface area (Å²) in [4.78, 5) is 28.0. The number of hydrogen-bond acceptors (Lipinski definition) is 7. The molecule has 1 aliphatic heterocycles. The molecule has 0 spiro atoms. The first kappa shape index (κ1) is 32.3. The minimum Gasteiger partial charge on any atom is -0.481 e. The van der Waals surface area contributed by atoms with Crippen LogP contribution in [0.2, 0.25) is 0 Å². The minimum absolute atomic E-state index is 0.0794. The maximum absolute atomic E-state index is 11.9. The predicted octanol–water partition coefficient (Wildman–Crippen LogP) is 7.40. The molecule has 0 amide bonds. The second-order valence-electron chi connectivity index (χ2n) is 10.8.